The van der Waals surface area contributed by atoms with Gasteiger partial charge in [-0.1, -0.05) is 18.2 Å². The molecule has 1 aliphatic rings. The molecule has 0 aliphatic carbocycles. The minimum atomic E-state index is -0.412. The molecule has 0 saturated carbocycles. The highest BCUT2D eigenvalue weighted by molar-refractivity contribution is 5.81. The summed E-state index contributed by atoms with van der Waals surface area (Å²) in [5, 5.41) is 2.91. The summed E-state index contributed by atoms with van der Waals surface area (Å²) in [5.41, 5.74) is 1.17. The van der Waals surface area contributed by atoms with Gasteiger partial charge in [0.2, 0.25) is 0 Å². The molecule has 0 saturated heterocycles. The van der Waals surface area contributed by atoms with Crippen LogP contribution in [0.5, 0.6) is 5.75 Å². The molecule has 0 spiro atoms. The van der Waals surface area contributed by atoms with Crippen LogP contribution in [0.15, 0.2) is 36.7 Å². The van der Waals surface area contributed by atoms with E-state index in [1.54, 1.807) is 6.20 Å². The third kappa shape index (κ3) is 2.91. The van der Waals surface area contributed by atoms with E-state index >= 15 is 0 Å². The molecule has 1 aromatic heterocycles. The van der Waals surface area contributed by atoms with Crippen LogP contribution in [0.2, 0.25) is 0 Å². The van der Waals surface area contributed by atoms with Gasteiger partial charge in [-0.2, -0.15) is 0 Å². The van der Waals surface area contributed by atoms with Crippen LogP contribution in [0.25, 0.3) is 0 Å². The van der Waals surface area contributed by atoms with Crippen molar-refractivity contribution in [3.8, 4) is 5.75 Å². The van der Waals surface area contributed by atoms with Crippen LogP contribution in [0.3, 0.4) is 0 Å². The zero-order valence-electron chi connectivity index (χ0n) is 12.1. The molecule has 5 heteroatoms. The number of hydrogen-bond acceptors (Lipinski definition) is 3. The molecule has 1 aliphatic heterocycles. The number of imidazole rings is 1. The number of aryl methyl sites for hydroxylation is 2. The molecule has 3 rings (SSSR count). The molecule has 1 atom stereocenters. The largest absolute Gasteiger partial charge is 0.480 e. The first-order chi connectivity index (χ1) is 10.3. The van der Waals surface area contributed by atoms with E-state index in [0.717, 1.165) is 24.5 Å². The fraction of sp³-hybridized carbons (Fsp3) is 0.375. The van der Waals surface area contributed by atoms with Gasteiger partial charge in [0, 0.05) is 18.9 Å². The molecule has 110 valence electrons. The van der Waals surface area contributed by atoms with Gasteiger partial charge >= 0.3 is 0 Å². The number of rotatable bonds is 4. The van der Waals surface area contributed by atoms with E-state index < -0.39 is 6.10 Å². The SMILES string of the molecule is CCn1ccnc1CNC(=O)C1CCc2ccccc2O1. The summed E-state index contributed by atoms with van der Waals surface area (Å²) in [6, 6.07) is 7.88. The number of ether oxygens (including phenoxy) is 1. The molecule has 1 aromatic carbocycles. The molecule has 0 bridgehead atoms. The van der Waals surface area contributed by atoms with Crippen LogP contribution in [0.1, 0.15) is 24.7 Å². The summed E-state index contributed by atoms with van der Waals surface area (Å²) < 4.78 is 7.79. The van der Waals surface area contributed by atoms with Crippen LogP contribution in [0.4, 0.5) is 0 Å². The summed E-state index contributed by atoms with van der Waals surface area (Å²) in [4.78, 5) is 16.5. The lowest BCUT2D eigenvalue weighted by Crippen LogP contribution is -2.40. The number of hydrogen-bond donors (Lipinski definition) is 1. The Morgan fingerprint density at radius 3 is 3.19 bits per heavy atom. The van der Waals surface area contributed by atoms with Crippen molar-refractivity contribution >= 4 is 5.91 Å². The van der Waals surface area contributed by atoms with Gasteiger partial charge < -0.3 is 14.6 Å². The highest BCUT2D eigenvalue weighted by Gasteiger charge is 2.25. The molecular formula is C16H19N3O2. The van der Waals surface area contributed by atoms with Gasteiger partial charge in [0.25, 0.3) is 5.91 Å². The first-order valence-corrected chi connectivity index (χ1v) is 7.30. The van der Waals surface area contributed by atoms with Crippen LogP contribution in [0, 0.1) is 0 Å². The molecular weight excluding hydrogens is 266 g/mol. The number of benzene rings is 1. The van der Waals surface area contributed by atoms with Crippen molar-refractivity contribution in [2.75, 3.05) is 0 Å². The van der Waals surface area contributed by atoms with E-state index in [2.05, 4.69) is 10.3 Å². The van der Waals surface area contributed by atoms with Gasteiger partial charge in [-0.3, -0.25) is 4.79 Å². The Balaban J connectivity index is 1.60. The maximum absolute atomic E-state index is 12.2. The predicted molar refractivity (Wildman–Crippen MR) is 78.9 cm³/mol. The maximum Gasteiger partial charge on any atom is 0.261 e. The molecule has 5 nitrogen and oxygen atoms in total. The topological polar surface area (TPSA) is 56.2 Å². The molecule has 2 heterocycles. The zero-order chi connectivity index (χ0) is 14.7. The molecule has 21 heavy (non-hydrogen) atoms. The van der Waals surface area contributed by atoms with Crippen molar-refractivity contribution in [2.45, 2.75) is 39.0 Å². The number of aromatic nitrogens is 2. The highest BCUT2D eigenvalue weighted by Crippen LogP contribution is 2.27. The number of nitrogens with zero attached hydrogens (tertiary/aromatic N) is 2. The molecule has 1 unspecified atom stereocenters. The lowest BCUT2D eigenvalue weighted by atomic mass is 10.0. The van der Waals surface area contributed by atoms with E-state index in [1.165, 1.54) is 5.56 Å². The van der Waals surface area contributed by atoms with Gasteiger partial charge in [-0.05, 0) is 31.4 Å². The average molecular weight is 285 g/mol. The Morgan fingerprint density at radius 2 is 2.33 bits per heavy atom. The first kappa shape index (κ1) is 13.7. The quantitative estimate of drug-likeness (QED) is 0.933. The van der Waals surface area contributed by atoms with E-state index in [-0.39, 0.29) is 5.91 Å². The molecule has 1 amide bonds. The van der Waals surface area contributed by atoms with Gasteiger partial charge in [0.05, 0.1) is 6.54 Å². The molecule has 1 N–H and O–H groups in total. The van der Waals surface area contributed by atoms with E-state index in [0.29, 0.717) is 13.0 Å². The minimum absolute atomic E-state index is 0.0739. The predicted octanol–water partition coefficient (Wildman–Crippen LogP) is 1.91. The average Bonchev–Trinajstić information content (AvgIpc) is 2.99. The van der Waals surface area contributed by atoms with Crippen LogP contribution >= 0.6 is 0 Å². The second-order valence-corrected chi connectivity index (χ2v) is 5.10. The summed E-state index contributed by atoms with van der Waals surface area (Å²) >= 11 is 0. The van der Waals surface area contributed by atoms with Crippen molar-refractivity contribution in [1.29, 1.82) is 0 Å². The summed E-state index contributed by atoms with van der Waals surface area (Å²) in [6.45, 7) is 3.33. The molecule has 2 aromatic rings. The lowest BCUT2D eigenvalue weighted by Gasteiger charge is -2.25. The Labute approximate surface area is 124 Å². The summed E-state index contributed by atoms with van der Waals surface area (Å²) in [7, 11) is 0. The normalized spacial score (nSPS) is 16.9. The van der Waals surface area contributed by atoms with Gasteiger partial charge in [0.1, 0.15) is 11.6 Å². The zero-order valence-corrected chi connectivity index (χ0v) is 12.1. The Morgan fingerprint density at radius 1 is 1.48 bits per heavy atom. The van der Waals surface area contributed by atoms with E-state index in [9.17, 15) is 4.79 Å². The maximum atomic E-state index is 12.2. The van der Waals surface area contributed by atoms with Crippen molar-refractivity contribution < 1.29 is 9.53 Å². The molecule has 0 radical (unpaired) electrons. The fourth-order valence-corrected chi connectivity index (χ4v) is 2.58. The van der Waals surface area contributed by atoms with Gasteiger partial charge in [-0.15, -0.1) is 0 Å². The lowest BCUT2D eigenvalue weighted by molar-refractivity contribution is -0.128. The van der Waals surface area contributed by atoms with Gasteiger partial charge in [0.15, 0.2) is 6.10 Å². The fourth-order valence-electron chi connectivity index (χ4n) is 2.58. The number of carbonyl (C=O) groups is 1. The summed E-state index contributed by atoms with van der Waals surface area (Å²) in [5.74, 6) is 1.61. The van der Waals surface area contributed by atoms with Crippen molar-refractivity contribution in [3.05, 3.63) is 48.0 Å². The van der Waals surface area contributed by atoms with Crippen LogP contribution in [-0.4, -0.2) is 21.6 Å². The third-order valence-electron chi connectivity index (χ3n) is 3.77. The molecule has 0 fully saturated rings. The van der Waals surface area contributed by atoms with E-state index in [1.807, 2.05) is 42.0 Å². The monoisotopic (exact) mass is 285 g/mol. The highest BCUT2D eigenvalue weighted by atomic mass is 16.5. The van der Waals surface area contributed by atoms with Gasteiger partial charge in [-0.25, -0.2) is 4.98 Å². The number of fused-ring (bicyclic) bond motifs is 1. The first-order valence-electron chi connectivity index (χ1n) is 7.30. The second kappa shape index (κ2) is 5.99. The number of carbonyl (C=O) groups excluding carboxylic acids is 1. The Bertz CT molecular complexity index is 636. The van der Waals surface area contributed by atoms with Crippen molar-refractivity contribution in [1.82, 2.24) is 14.9 Å². The van der Waals surface area contributed by atoms with Crippen LogP contribution < -0.4 is 10.1 Å². The van der Waals surface area contributed by atoms with Crippen molar-refractivity contribution in [2.24, 2.45) is 0 Å². The smallest absolute Gasteiger partial charge is 0.261 e. The minimum Gasteiger partial charge on any atom is -0.480 e. The second-order valence-electron chi connectivity index (χ2n) is 5.10. The van der Waals surface area contributed by atoms with Crippen molar-refractivity contribution in [3.63, 3.8) is 0 Å². The standard InChI is InChI=1S/C16H19N3O2/c1-2-19-10-9-17-15(19)11-18-16(20)14-8-7-12-5-3-4-6-13(12)21-14/h3-6,9-10,14H,2,7-8,11H2,1H3,(H,18,20). The summed E-state index contributed by atoms with van der Waals surface area (Å²) in [6.07, 6.45) is 4.83. The Hall–Kier alpha value is -2.30. The number of nitrogens with one attached hydrogen (secondary N) is 1. The number of para-hydroxylation sites is 1. The number of amides is 1. The third-order valence-corrected chi connectivity index (χ3v) is 3.77. The Kier molecular flexibility index (Phi) is 3.90. The van der Waals surface area contributed by atoms with E-state index in [4.69, 9.17) is 4.74 Å². The van der Waals surface area contributed by atoms with Crippen LogP contribution in [-0.2, 0) is 24.3 Å².